The van der Waals surface area contributed by atoms with Gasteiger partial charge in [0.15, 0.2) is 17.1 Å². The molecule has 0 radical (unpaired) electrons. The number of nitrogens with zero attached hydrogens (tertiary/aromatic N) is 3. The molecule has 0 N–H and O–H groups in total. The number of amides is 2. The lowest BCUT2D eigenvalue weighted by molar-refractivity contribution is 0.0503. The Kier molecular flexibility index (Phi) is 3.76. The molecule has 2 amide bonds. The molecule has 1 aliphatic heterocycles. The molecule has 1 fully saturated rings. The van der Waals surface area contributed by atoms with E-state index in [2.05, 4.69) is 4.98 Å². The van der Waals surface area contributed by atoms with Crippen LogP contribution in [0.2, 0.25) is 0 Å². The summed E-state index contributed by atoms with van der Waals surface area (Å²) in [5.74, 6) is 0.263. The standard InChI is InChI=1S/C18H17N3O4/c1-12-4-5-14-13(19-12)11-16(25-14)18(23)21-8-6-20(7-9-21)17(22)15-3-2-10-24-15/h2-5,10-11H,6-9H2,1H3. The Hall–Kier alpha value is -3.09. The molecule has 128 valence electrons. The fraction of sp³-hybridized carbons (Fsp3) is 0.278. The SMILES string of the molecule is Cc1ccc2oc(C(=O)N3CCN(C(=O)c4ccco4)CC3)cc2n1. The summed E-state index contributed by atoms with van der Waals surface area (Å²) < 4.78 is 10.8. The molecule has 25 heavy (non-hydrogen) atoms. The molecule has 0 spiro atoms. The third kappa shape index (κ3) is 2.88. The number of pyridine rings is 1. The molecule has 7 heteroatoms. The highest BCUT2D eigenvalue weighted by molar-refractivity contribution is 5.96. The lowest BCUT2D eigenvalue weighted by Gasteiger charge is -2.33. The van der Waals surface area contributed by atoms with Gasteiger partial charge in [0, 0.05) is 37.9 Å². The van der Waals surface area contributed by atoms with Crippen molar-refractivity contribution in [2.75, 3.05) is 26.2 Å². The van der Waals surface area contributed by atoms with Crippen LogP contribution < -0.4 is 0 Å². The average Bonchev–Trinajstić information content (AvgIpc) is 3.30. The highest BCUT2D eigenvalue weighted by atomic mass is 16.3. The zero-order valence-corrected chi connectivity index (χ0v) is 13.8. The van der Waals surface area contributed by atoms with Crippen LogP contribution in [0, 0.1) is 6.92 Å². The van der Waals surface area contributed by atoms with Gasteiger partial charge in [0.2, 0.25) is 0 Å². The molecule has 4 heterocycles. The molecule has 0 aromatic carbocycles. The van der Waals surface area contributed by atoms with Gasteiger partial charge in [0.05, 0.1) is 6.26 Å². The molecule has 3 aromatic heterocycles. The van der Waals surface area contributed by atoms with Gasteiger partial charge in [0.25, 0.3) is 11.8 Å². The smallest absolute Gasteiger partial charge is 0.289 e. The Balaban J connectivity index is 1.44. The Morgan fingerprint density at radius 1 is 1.00 bits per heavy atom. The van der Waals surface area contributed by atoms with Gasteiger partial charge in [-0.25, -0.2) is 4.98 Å². The lowest BCUT2D eigenvalue weighted by atomic mass is 10.2. The van der Waals surface area contributed by atoms with Crippen molar-refractivity contribution in [1.82, 2.24) is 14.8 Å². The minimum atomic E-state index is -0.180. The van der Waals surface area contributed by atoms with Crippen LogP contribution in [0.4, 0.5) is 0 Å². The molecule has 0 bridgehead atoms. The number of piperazine rings is 1. The number of furan rings is 2. The van der Waals surface area contributed by atoms with Crippen molar-refractivity contribution in [3.63, 3.8) is 0 Å². The number of carbonyl (C=O) groups is 2. The number of carbonyl (C=O) groups excluding carboxylic acids is 2. The van der Waals surface area contributed by atoms with E-state index in [1.54, 1.807) is 28.0 Å². The van der Waals surface area contributed by atoms with E-state index < -0.39 is 0 Å². The summed E-state index contributed by atoms with van der Waals surface area (Å²) in [6.07, 6.45) is 1.48. The third-order valence-corrected chi connectivity index (χ3v) is 4.31. The number of hydrogen-bond acceptors (Lipinski definition) is 5. The van der Waals surface area contributed by atoms with E-state index in [0.717, 1.165) is 5.69 Å². The Labute approximate surface area is 143 Å². The van der Waals surface area contributed by atoms with E-state index >= 15 is 0 Å². The summed E-state index contributed by atoms with van der Waals surface area (Å²) in [5.41, 5.74) is 2.15. The van der Waals surface area contributed by atoms with Gasteiger partial charge in [0.1, 0.15) is 5.52 Å². The second-order valence-electron chi connectivity index (χ2n) is 6.01. The average molecular weight is 339 g/mol. The first kappa shape index (κ1) is 15.4. The van der Waals surface area contributed by atoms with Crippen LogP contribution in [0.25, 0.3) is 11.1 Å². The molecule has 0 aliphatic carbocycles. The maximum Gasteiger partial charge on any atom is 0.289 e. The maximum absolute atomic E-state index is 12.6. The van der Waals surface area contributed by atoms with Gasteiger partial charge in [-0.3, -0.25) is 9.59 Å². The first-order valence-electron chi connectivity index (χ1n) is 8.11. The predicted molar refractivity (Wildman–Crippen MR) is 89.3 cm³/mol. The van der Waals surface area contributed by atoms with Crippen LogP contribution in [-0.4, -0.2) is 52.8 Å². The second kappa shape index (κ2) is 6.08. The normalized spacial score (nSPS) is 14.9. The largest absolute Gasteiger partial charge is 0.459 e. The summed E-state index contributed by atoms with van der Waals surface area (Å²) >= 11 is 0. The second-order valence-corrected chi connectivity index (χ2v) is 6.01. The van der Waals surface area contributed by atoms with Gasteiger partial charge < -0.3 is 18.6 Å². The molecular weight excluding hydrogens is 322 g/mol. The molecule has 0 saturated carbocycles. The van der Waals surface area contributed by atoms with Crippen molar-refractivity contribution in [3.05, 3.63) is 53.8 Å². The summed E-state index contributed by atoms with van der Waals surface area (Å²) in [5, 5.41) is 0. The summed E-state index contributed by atoms with van der Waals surface area (Å²) in [6, 6.07) is 8.66. The van der Waals surface area contributed by atoms with E-state index in [9.17, 15) is 9.59 Å². The van der Waals surface area contributed by atoms with E-state index in [4.69, 9.17) is 8.83 Å². The Bertz CT molecular complexity index is 921. The highest BCUT2D eigenvalue weighted by Crippen LogP contribution is 2.20. The quantitative estimate of drug-likeness (QED) is 0.716. The monoisotopic (exact) mass is 339 g/mol. The van der Waals surface area contributed by atoms with Crippen molar-refractivity contribution in [2.24, 2.45) is 0 Å². The van der Waals surface area contributed by atoms with Crippen LogP contribution in [0.5, 0.6) is 0 Å². The van der Waals surface area contributed by atoms with Crippen LogP contribution >= 0.6 is 0 Å². The highest BCUT2D eigenvalue weighted by Gasteiger charge is 2.28. The van der Waals surface area contributed by atoms with Crippen molar-refractivity contribution < 1.29 is 18.4 Å². The fourth-order valence-electron chi connectivity index (χ4n) is 2.96. The molecule has 1 saturated heterocycles. The minimum absolute atomic E-state index is 0.152. The van der Waals surface area contributed by atoms with E-state index in [1.807, 2.05) is 19.1 Å². The topological polar surface area (TPSA) is 79.8 Å². The van der Waals surface area contributed by atoms with Crippen molar-refractivity contribution in [2.45, 2.75) is 6.92 Å². The van der Waals surface area contributed by atoms with Crippen LogP contribution in [0.3, 0.4) is 0 Å². The number of fused-ring (bicyclic) bond motifs is 1. The number of aryl methyl sites for hydroxylation is 1. The van der Waals surface area contributed by atoms with Crippen LogP contribution in [0.15, 0.2) is 45.4 Å². The number of hydrogen-bond donors (Lipinski definition) is 0. The third-order valence-electron chi connectivity index (χ3n) is 4.31. The zero-order valence-electron chi connectivity index (χ0n) is 13.8. The fourth-order valence-corrected chi connectivity index (χ4v) is 2.96. The first-order chi connectivity index (χ1) is 12.1. The molecule has 7 nitrogen and oxygen atoms in total. The Morgan fingerprint density at radius 3 is 2.32 bits per heavy atom. The molecule has 1 aliphatic rings. The molecule has 0 unspecified atom stereocenters. The minimum Gasteiger partial charge on any atom is -0.459 e. The first-order valence-corrected chi connectivity index (χ1v) is 8.11. The van der Waals surface area contributed by atoms with Crippen LogP contribution in [0.1, 0.15) is 26.8 Å². The van der Waals surface area contributed by atoms with Crippen molar-refractivity contribution >= 4 is 22.9 Å². The molecule has 3 aromatic rings. The Morgan fingerprint density at radius 2 is 1.68 bits per heavy atom. The number of rotatable bonds is 2. The summed E-state index contributed by atoms with van der Waals surface area (Å²) in [4.78, 5) is 32.6. The molecule has 0 atom stereocenters. The van der Waals surface area contributed by atoms with Gasteiger partial charge in [-0.1, -0.05) is 0 Å². The van der Waals surface area contributed by atoms with Crippen molar-refractivity contribution in [1.29, 1.82) is 0 Å². The van der Waals surface area contributed by atoms with Gasteiger partial charge in [-0.15, -0.1) is 0 Å². The van der Waals surface area contributed by atoms with Crippen LogP contribution in [-0.2, 0) is 0 Å². The van der Waals surface area contributed by atoms with Gasteiger partial charge in [-0.05, 0) is 31.2 Å². The molecule has 4 rings (SSSR count). The van der Waals surface area contributed by atoms with Gasteiger partial charge in [-0.2, -0.15) is 0 Å². The van der Waals surface area contributed by atoms with E-state index in [-0.39, 0.29) is 17.6 Å². The van der Waals surface area contributed by atoms with Gasteiger partial charge >= 0.3 is 0 Å². The lowest BCUT2D eigenvalue weighted by Crippen LogP contribution is -2.50. The summed E-state index contributed by atoms with van der Waals surface area (Å²) in [7, 11) is 0. The van der Waals surface area contributed by atoms with E-state index in [1.165, 1.54) is 6.26 Å². The maximum atomic E-state index is 12.6. The summed E-state index contributed by atoms with van der Waals surface area (Å²) in [6.45, 7) is 3.72. The van der Waals surface area contributed by atoms with Crippen molar-refractivity contribution in [3.8, 4) is 0 Å². The molecular formula is C18H17N3O4. The zero-order chi connectivity index (χ0) is 17.4. The predicted octanol–water partition coefficient (Wildman–Crippen LogP) is 2.33. The number of aromatic nitrogens is 1. The van der Waals surface area contributed by atoms with E-state index in [0.29, 0.717) is 43.0 Å².